The molecule has 9 heteroatoms. The Labute approximate surface area is 214 Å². The van der Waals surface area contributed by atoms with Crippen LogP contribution in [0.5, 0.6) is 0 Å². The number of aromatic amines is 1. The number of nitrogens with zero attached hydrogens (tertiary/aromatic N) is 6. The first-order valence-electron chi connectivity index (χ1n) is 11.9. The quantitative estimate of drug-likeness (QED) is 0.309. The number of H-pyrrole nitrogens is 1. The molecule has 1 aliphatic rings. The Hall–Kier alpha value is -3.98. The van der Waals surface area contributed by atoms with Crippen LogP contribution in [0.4, 0.5) is 0 Å². The molecule has 178 valence electrons. The van der Waals surface area contributed by atoms with Gasteiger partial charge < -0.3 is 18.7 Å². The van der Waals surface area contributed by atoms with E-state index >= 15 is 0 Å². The Morgan fingerprint density at radius 2 is 2.03 bits per heavy atom. The van der Waals surface area contributed by atoms with Crippen molar-refractivity contribution in [2.75, 3.05) is 0 Å². The molecule has 1 fully saturated rings. The summed E-state index contributed by atoms with van der Waals surface area (Å²) in [7, 11) is 0. The average molecular weight is 540 g/mol. The Bertz CT molecular complexity index is 1760. The highest BCUT2D eigenvalue weighted by Crippen LogP contribution is 2.39. The van der Waals surface area contributed by atoms with Gasteiger partial charge in [-0.1, -0.05) is 22.0 Å². The number of carbonyl (C=O) groups excluding carboxylic acids is 1. The second-order valence-corrected chi connectivity index (χ2v) is 10.2. The summed E-state index contributed by atoms with van der Waals surface area (Å²) in [5.74, 6) is 0.549. The van der Waals surface area contributed by atoms with Crippen LogP contribution in [0.15, 0.2) is 78.2 Å². The fourth-order valence-electron chi connectivity index (χ4n) is 4.80. The van der Waals surface area contributed by atoms with E-state index in [2.05, 4.69) is 53.6 Å². The van der Waals surface area contributed by atoms with Crippen molar-refractivity contribution >= 4 is 44.0 Å². The first kappa shape index (κ1) is 21.3. The molecule has 6 aromatic heterocycles. The van der Waals surface area contributed by atoms with Crippen LogP contribution in [-0.4, -0.2) is 39.5 Å². The molecule has 1 N–H and O–H groups in total. The Morgan fingerprint density at radius 1 is 1.11 bits per heavy atom. The molecule has 0 saturated heterocycles. The molecule has 36 heavy (non-hydrogen) atoms. The minimum atomic E-state index is -0.119. The molecule has 0 atom stereocenters. The predicted molar refractivity (Wildman–Crippen MR) is 140 cm³/mol. The number of carbonyl (C=O) groups is 1. The summed E-state index contributed by atoms with van der Waals surface area (Å²) in [6.07, 6.45) is 13.9. The zero-order valence-corrected chi connectivity index (χ0v) is 20.9. The molecular formula is C27H22BrN7O. The highest BCUT2D eigenvalue weighted by Gasteiger charge is 2.25. The zero-order chi connectivity index (χ0) is 24.2. The lowest BCUT2D eigenvalue weighted by atomic mass is 10.2. The summed E-state index contributed by atoms with van der Waals surface area (Å²) in [4.78, 5) is 32.8. The first-order chi connectivity index (χ1) is 17.6. The lowest BCUT2D eigenvalue weighted by Crippen LogP contribution is -2.30. The van der Waals surface area contributed by atoms with Gasteiger partial charge in [-0.2, -0.15) is 0 Å². The van der Waals surface area contributed by atoms with Crippen LogP contribution in [0.3, 0.4) is 0 Å². The number of pyridine rings is 3. The molecule has 0 aliphatic heterocycles. The van der Waals surface area contributed by atoms with Gasteiger partial charge in [0.2, 0.25) is 0 Å². The van der Waals surface area contributed by atoms with E-state index in [0.717, 1.165) is 32.5 Å². The van der Waals surface area contributed by atoms with Crippen LogP contribution in [0.25, 0.3) is 22.2 Å². The predicted octanol–water partition coefficient (Wildman–Crippen LogP) is 5.34. The van der Waals surface area contributed by atoms with Crippen molar-refractivity contribution < 1.29 is 4.79 Å². The van der Waals surface area contributed by atoms with Gasteiger partial charge in [-0.3, -0.25) is 9.78 Å². The van der Waals surface area contributed by atoms with Crippen molar-refractivity contribution in [3.8, 4) is 0 Å². The topological polar surface area (TPSA) is 83.6 Å². The van der Waals surface area contributed by atoms with E-state index < -0.39 is 0 Å². The Morgan fingerprint density at radius 3 is 2.92 bits per heavy atom. The van der Waals surface area contributed by atoms with Gasteiger partial charge in [-0.25, -0.2) is 9.97 Å². The van der Waals surface area contributed by atoms with Crippen molar-refractivity contribution in [3.05, 3.63) is 101 Å². The third-order valence-corrected chi connectivity index (χ3v) is 7.29. The smallest absolute Gasteiger partial charge is 0.258 e. The molecule has 1 aliphatic carbocycles. The highest BCUT2D eigenvalue weighted by molar-refractivity contribution is 9.10. The van der Waals surface area contributed by atoms with Crippen molar-refractivity contribution in [2.45, 2.75) is 31.8 Å². The normalized spacial score (nSPS) is 13.7. The molecule has 1 amide bonds. The maximum absolute atomic E-state index is 13.9. The standard InChI is InChI=1S/C27H22BrN7O/c28-19-7-9-33-16-31-23(24(33)10-19)15-35(27(36)21-11-30-22-2-1-8-29-26(21)22)14-20-13-34-12-18(17-3-4-17)5-6-25(34)32-20/h1-2,5-13,16-17,30H,3-4,14-15H2. The molecule has 0 radical (unpaired) electrons. The van der Waals surface area contributed by atoms with Crippen LogP contribution < -0.4 is 0 Å². The summed E-state index contributed by atoms with van der Waals surface area (Å²) < 4.78 is 4.99. The summed E-state index contributed by atoms with van der Waals surface area (Å²) in [6.45, 7) is 0.693. The third-order valence-electron chi connectivity index (χ3n) is 6.80. The summed E-state index contributed by atoms with van der Waals surface area (Å²) in [5, 5.41) is 0. The minimum Gasteiger partial charge on any atom is -0.359 e. The molecule has 7 rings (SSSR count). The average Bonchev–Trinajstić information content (AvgIpc) is 3.35. The largest absolute Gasteiger partial charge is 0.359 e. The van der Waals surface area contributed by atoms with E-state index in [-0.39, 0.29) is 5.91 Å². The molecule has 0 bridgehead atoms. The molecule has 0 aromatic carbocycles. The molecule has 0 unspecified atom stereocenters. The maximum Gasteiger partial charge on any atom is 0.258 e. The molecule has 6 aromatic rings. The molecule has 8 nitrogen and oxygen atoms in total. The van der Waals surface area contributed by atoms with Gasteiger partial charge in [-0.15, -0.1) is 0 Å². The molecule has 0 spiro atoms. The van der Waals surface area contributed by atoms with Crippen molar-refractivity contribution in [1.29, 1.82) is 0 Å². The van der Waals surface area contributed by atoms with Gasteiger partial charge >= 0.3 is 0 Å². The number of amides is 1. The third kappa shape index (κ3) is 3.76. The van der Waals surface area contributed by atoms with Gasteiger partial charge in [-0.05, 0) is 54.7 Å². The van der Waals surface area contributed by atoms with E-state index in [1.807, 2.05) is 41.1 Å². The number of nitrogens with one attached hydrogen (secondary N) is 1. The van der Waals surface area contributed by atoms with E-state index in [9.17, 15) is 4.79 Å². The van der Waals surface area contributed by atoms with E-state index in [4.69, 9.17) is 4.98 Å². The van der Waals surface area contributed by atoms with Crippen molar-refractivity contribution in [1.82, 2.24) is 33.6 Å². The van der Waals surface area contributed by atoms with Crippen LogP contribution in [0.1, 0.15) is 46.1 Å². The second-order valence-electron chi connectivity index (χ2n) is 9.33. The van der Waals surface area contributed by atoms with Gasteiger partial charge in [0.25, 0.3) is 5.91 Å². The summed E-state index contributed by atoms with van der Waals surface area (Å²) in [6, 6.07) is 12.0. The molecular weight excluding hydrogens is 518 g/mol. The van der Waals surface area contributed by atoms with Gasteiger partial charge in [0.15, 0.2) is 0 Å². The second kappa shape index (κ2) is 8.30. The van der Waals surface area contributed by atoms with Crippen LogP contribution in [0, 0.1) is 0 Å². The van der Waals surface area contributed by atoms with E-state index in [0.29, 0.717) is 30.1 Å². The van der Waals surface area contributed by atoms with Crippen molar-refractivity contribution in [2.24, 2.45) is 0 Å². The Balaban J connectivity index is 1.27. The van der Waals surface area contributed by atoms with E-state index in [1.54, 1.807) is 23.6 Å². The monoisotopic (exact) mass is 539 g/mol. The summed E-state index contributed by atoms with van der Waals surface area (Å²) in [5.41, 5.74) is 6.85. The number of rotatable bonds is 6. The lowest BCUT2D eigenvalue weighted by molar-refractivity contribution is 0.0728. The van der Waals surface area contributed by atoms with Crippen LogP contribution >= 0.6 is 15.9 Å². The number of fused-ring (bicyclic) bond motifs is 3. The minimum absolute atomic E-state index is 0.119. The fraction of sp³-hybridized carbons (Fsp3) is 0.185. The van der Waals surface area contributed by atoms with Gasteiger partial charge in [0, 0.05) is 35.5 Å². The number of hydrogen-bond acceptors (Lipinski definition) is 4. The zero-order valence-electron chi connectivity index (χ0n) is 19.3. The number of hydrogen-bond donors (Lipinski definition) is 1. The van der Waals surface area contributed by atoms with Gasteiger partial charge in [0.1, 0.15) is 11.2 Å². The van der Waals surface area contributed by atoms with E-state index in [1.165, 1.54) is 18.4 Å². The summed E-state index contributed by atoms with van der Waals surface area (Å²) >= 11 is 3.55. The highest BCUT2D eigenvalue weighted by atomic mass is 79.9. The van der Waals surface area contributed by atoms with Crippen LogP contribution in [-0.2, 0) is 13.1 Å². The lowest BCUT2D eigenvalue weighted by Gasteiger charge is -2.21. The SMILES string of the molecule is O=C(c1c[nH]c2cccnc12)N(Cc1cn2cc(C3CC3)ccc2n1)Cc1ncn2ccc(Br)cc12. The van der Waals surface area contributed by atoms with Gasteiger partial charge in [0.05, 0.1) is 47.4 Å². The first-order valence-corrected chi connectivity index (χ1v) is 12.7. The number of imidazole rings is 2. The maximum atomic E-state index is 13.9. The number of aromatic nitrogens is 6. The molecule has 6 heterocycles. The fourth-order valence-corrected chi connectivity index (χ4v) is 5.13. The van der Waals surface area contributed by atoms with Crippen molar-refractivity contribution in [3.63, 3.8) is 0 Å². The van der Waals surface area contributed by atoms with Crippen LogP contribution in [0.2, 0.25) is 0 Å². The number of halogens is 1. The Kier molecular flexibility index (Phi) is 4.92. The molecule has 1 saturated carbocycles.